The second-order valence-electron chi connectivity index (χ2n) is 13.7. The Bertz CT molecular complexity index is 1680. The Hall–Kier alpha value is -3.85. The van der Waals surface area contributed by atoms with Crippen LogP contribution in [0.25, 0.3) is 0 Å². The first-order valence-corrected chi connectivity index (χ1v) is 19.4. The van der Waals surface area contributed by atoms with Crippen molar-refractivity contribution in [3.63, 3.8) is 0 Å². The van der Waals surface area contributed by atoms with Gasteiger partial charge in [-0.05, 0) is 54.4 Å². The first-order chi connectivity index (χ1) is 23.8. The van der Waals surface area contributed by atoms with Crippen LogP contribution in [-0.4, -0.2) is 89.4 Å². The van der Waals surface area contributed by atoms with Crippen molar-refractivity contribution < 1.29 is 28.3 Å². The number of amides is 3. The summed E-state index contributed by atoms with van der Waals surface area (Å²) in [5.41, 5.74) is 2.15. The smallest absolute Gasteiger partial charge is 0.318 e. The van der Waals surface area contributed by atoms with E-state index in [4.69, 9.17) is 5.21 Å². The number of oxime groups is 1. The Kier molecular flexibility index (Phi) is 13.9. The molecule has 2 aromatic carbocycles. The summed E-state index contributed by atoms with van der Waals surface area (Å²) in [6, 6.07) is 13.1. The fourth-order valence-corrected chi connectivity index (χ4v) is 8.05. The van der Waals surface area contributed by atoms with E-state index in [-0.39, 0.29) is 48.7 Å². The third kappa shape index (κ3) is 10.6. The van der Waals surface area contributed by atoms with Gasteiger partial charge in [0.25, 0.3) is 0 Å². The molecule has 1 saturated carbocycles. The lowest BCUT2D eigenvalue weighted by atomic mass is 9.85. The van der Waals surface area contributed by atoms with Crippen LogP contribution in [0.4, 0.5) is 4.79 Å². The fourth-order valence-electron chi connectivity index (χ4n) is 5.69. The van der Waals surface area contributed by atoms with E-state index in [1.807, 2.05) is 49.6 Å². The summed E-state index contributed by atoms with van der Waals surface area (Å²) < 4.78 is 29.2. The molecule has 12 nitrogen and oxygen atoms in total. The zero-order chi connectivity index (χ0) is 36.4. The Morgan fingerprint density at radius 2 is 1.74 bits per heavy atom. The lowest BCUT2D eigenvalue weighted by Crippen LogP contribution is -2.58. The van der Waals surface area contributed by atoms with Gasteiger partial charge in [-0.3, -0.25) is 4.79 Å². The number of benzene rings is 2. The van der Waals surface area contributed by atoms with Crippen LogP contribution >= 0.6 is 11.3 Å². The van der Waals surface area contributed by atoms with E-state index in [1.165, 1.54) is 27.6 Å². The average Bonchev–Trinajstić information content (AvgIpc) is 3.53. The number of sulfonamides is 1. The lowest BCUT2D eigenvalue weighted by molar-refractivity contribution is -0.125. The Labute approximate surface area is 299 Å². The molecule has 4 rings (SSSR count). The number of thiazole rings is 1. The monoisotopic (exact) mass is 726 g/mol. The van der Waals surface area contributed by atoms with Crippen LogP contribution in [0.2, 0.25) is 0 Å². The molecule has 1 aliphatic rings. The molecule has 0 radical (unpaired) electrons. The van der Waals surface area contributed by atoms with Gasteiger partial charge in [-0.15, -0.1) is 11.3 Å². The molecule has 1 heterocycles. The molecule has 1 aromatic heterocycles. The molecule has 272 valence electrons. The number of aliphatic hydroxyl groups is 1. The maximum atomic E-state index is 14.0. The zero-order valence-electron chi connectivity index (χ0n) is 29.4. The van der Waals surface area contributed by atoms with Crippen molar-refractivity contribution in [2.24, 2.45) is 17.0 Å². The third-order valence-electron chi connectivity index (χ3n) is 8.93. The molecule has 4 N–H and O–H groups in total. The maximum Gasteiger partial charge on any atom is 0.318 e. The normalized spacial score (nSPS) is 15.6. The van der Waals surface area contributed by atoms with E-state index < -0.39 is 40.1 Å². The van der Waals surface area contributed by atoms with Crippen molar-refractivity contribution in [3.8, 4) is 0 Å². The number of hydrogen-bond donors (Lipinski definition) is 4. The average molecular weight is 727 g/mol. The Morgan fingerprint density at radius 1 is 1.06 bits per heavy atom. The largest absolute Gasteiger partial charge is 0.411 e. The number of hydrogen-bond acceptors (Lipinski definition) is 9. The number of carbonyl (C=O) groups is 2. The molecular formula is C36H50N6O6S2. The first kappa shape index (κ1) is 38.9. The van der Waals surface area contributed by atoms with Crippen LogP contribution in [0.1, 0.15) is 74.7 Å². The number of aromatic nitrogens is 1. The van der Waals surface area contributed by atoms with Crippen molar-refractivity contribution in [2.75, 3.05) is 20.1 Å². The van der Waals surface area contributed by atoms with E-state index >= 15 is 0 Å². The van der Waals surface area contributed by atoms with Gasteiger partial charge < -0.3 is 25.8 Å². The molecule has 50 heavy (non-hydrogen) atoms. The number of urea groups is 1. The van der Waals surface area contributed by atoms with Crippen LogP contribution < -0.4 is 10.6 Å². The second kappa shape index (κ2) is 17.9. The summed E-state index contributed by atoms with van der Waals surface area (Å²) in [6.07, 6.45) is 2.97. The highest BCUT2D eigenvalue weighted by atomic mass is 32.2. The number of nitrogens with one attached hydrogen (secondary N) is 2. The highest BCUT2D eigenvalue weighted by molar-refractivity contribution is 7.89. The molecule has 0 aliphatic heterocycles. The summed E-state index contributed by atoms with van der Waals surface area (Å²) in [5, 5.41) is 32.3. The van der Waals surface area contributed by atoms with Gasteiger partial charge in [-0.1, -0.05) is 81.7 Å². The lowest BCUT2D eigenvalue weighted by Gasteiger charge is -2.35. The van der Waals surface area contributed by atoms with Crippen molar-refractivity contribution in [1.82, 2.24) is 24.8 Å². The summed E-state index contributed by atoms with van der Waals surface area (Å²) in [6.45, 7) is 8.05. The van der Waals surface area contributed by atoms with Crippen molar-refractivity contribution in [1.29, 1.82) is 0 Å². The minimum absolute atomic E-state index is 0.0487. The SMILES string of the molecule is CC(C)c1nc(CN(C)C(=O)NC(C(=O)N[C@@H](Cc2ccccc2)[C@H](O)CN(CC2CCC2)S(=O)(=O)c2ccc(/C=N/O)cc2)C(C)C)cs1. The number of aliphatic hydroxyl groups excluding tert-OH is 1. The summed E-state index contributed by atoms with van der Waals surface area (Å²) in [4.78, 5) is 33.3. The highest BCUT2D eigenvalue weighted by Crippen LogP contribution is 2.30. The minimum Gasteiger partial charge on any atom is -0.411 e. The highest BCUT2D eigenvalue weighted by Gasteiger charge is 2.35. The van der Waals surface area contributed by atoms with E-state index in [0.717, 1.165) is 35.5 Å². The summed E-state index contributed by atoms with van der Waals surface area (Å²) >= 11 is 1.55. The minimum atomic E-state index is -4.03. The van der Waals surface area contributed by atoms with Crippen LogP contribution in [-0.2, 0) is 27.8 Å². The van der Waals surface area contributed by atoms with Crippen LogP contribution in [0.3, 0.4) is 0 Å². The van der Waals surface area contributed by atoms with Gasteiger partial charge in [0.05, 0.1) is 40.5 Å². The van der Waals surface area contributed by atoms with Crippen LogP contribution in [0.15, 0.2) is 70.0 Å². The topological polar surface area (TPSA) is 165 Å². The summed E-state index contributed by atoms with van der Waals surface area (Å²) in [5.74, 6) is -0.320. The first-order valence-electron chi connectivity index (χ1n) is 17.0. The van der Waals surface area contributed by atoms with E-state index in [2.05, 4.69) is 34.6 Å². The molecule has 0 spiro atoms. The second-order valence-corrected chi connectivity index (χ2v) is 16.5. The van der Waals surface area contributed by atoms with Crippen molar-refractivity contribution >= 4 is 39.5 Å². The van der Waals surface area contributed by atoms with Crippen LogP contribution in [0.5, 0.6) is 0 Å². The predicted molar refractivity (Wildman–Crippen MR) is 195 cm³/mol. The van der Waals surface area contributed by atoms with Gasteiger partial charge >= 0.3 is 6.03 Å². The Balaban J connectivity index is 1.53. The molecule has 3 atom stereocenters. The number of nitrogens with zero attached hydrogens (tertiary/aromatic N) is 4. The third-order valence-corrected chi connectivity index (χ3v) is 12.0. The fraction of sp³-hybridized carbons (Fsp3) is 0.500. The van der Waals surface area contributed by atoms with Crippen LogP contribution in [0, 0.1) is 11.8 Å². The Morgan fingerprint density at radius 3 is 2.30 bits per heavy atom. The predicted octanol–water partition coefficient (Wildman–Crippen LogP) is 4.82. The van der Waals surface area contributed by atoms with Gasteiger partial charge in [0, 0.05) is 31.4 Å². The summed E-state index contributed by atoms with van der Waals surface area (Å²) in [7, 11) is -2.39. The molecule has 1 aliphatic carbocycles. The van der Waals surface area contributed by atoms with Crippen molar-refractivity contribution in [2.45, 2.75) is 88.9 Å². The van der Waals surface area contributed by atoms with E-state index in [0.29, 0.717) is 5.56 Å². The molecule has 14 heteroatoms. The molecule has 0 bridgehead atoms. The van der Waals surface area contributed by atoms with Gasteiger partial charge in [-0.2, -0.15) is 4.31 Å². The number of rotatable bonds is 17. The standard InChI is InChI=1S/C36H50N6O6S2/c1-24(2)33(40-36(45)41(5)21-29-23-49-35(38-29)25(3)4)34(44)39-31(18-26-10-7-6-8-11-26)32(43)22-42(20-28-12-9-13-28)50(47,48)30-16-14-27(15-17-30)19-37-46/h6-8,10-11,14-17,19,23-25,28,31-33,43,46H,9,12-13,18,20-22H2,1-5H3,(H,39,44)(H,40,45)/b37-19+/t31-,32+,33?/m0/s1. The molecular weight excluding hydrogens is 677 g/mol. The zero-order valence-corrected chi connectivity index (χ0v) is 31.0. The number of carbonyl (C=O) groups excluding carboxylic acids is 2. The van der Waals surface area contributed by atoms with Crippen molar-refractivity contribution in [3.05, 3.63) is 81.8 Å². The van der Waals surface area contributed by atoms with Gasteiger partial charge in [0.15, 0.2) is 0 Å². The quantitative estimate of drug-likeness (QED) is 0.0880. The van der Waals surface area contributed by atoms with Gasteiger partial charge in [0.1, 0.15) is 6.04 Å². The molecule has 0 saturated heterocycles. The van der Waals surface area contributed by atoms with E-state index in [9.17, 15) is 23.1 Å². The van der Waals surface area contributed by atoms with E-state index in [1.54, 1.807) is 30.5 Å². The molecule has 3 amide bonds. The molecule has 1 unspecified atom stereocenters. The van der Waals surface area contributed by atoms with Gasteiger partial charge in [0.2, 0.25) is 15.9 Å². The molecule has 3 aromatic rings. The molecule has 1 fully saturated rings. The van der Waals surface area contributed by atoms with Gasteiger partial charge in [-0.25, -0.2) is 18.2 Å². The maximum absolute atomic E-state index is 14.0.